The maximum Gasteiger partial charge on any atom is 0.234 e. The second-order valence-electron chi connectivity index (χ2n) is 5.55. The Balaban J connectivity index is 1.83. The van der Waals surface area contributed by atoms with Crippen LogP contribution in [0.2, 0.25) is 0 Å². The van der Waals surface area contributed by atoms with E-state index in [1.165, 1.54) is 0 Å². The standard InChI is InChI=1S/C19H23NO3S/c1-14(2)23-18-7-5-4-6-17(18)20-19(21)13-24-12-15-8-10-16(22-3)11-9-15/h4-11,14H,12-13H2,1-3H3,(H,20,21). The third-order valence-electron chi connectivity index (χ3n) is 3.18. The van der Waals surface area contributed by atoms with E-state index in [1.807, 2.05) is 62.4 Å². The summed E-state index contributed by atoms with van der Waals surface area (Å²) in [7, 11) is 1.65. The lowest BCUT2D eigenvalue weighted by Gasteiger charge is -2.14. The number of thioether (sulfide) groups is 1. The van der Waals surface area contributed by atoms with Crippen molar-refractivity contribution >= 4 is 23.4 Å². The molecule has 0 fully saturated rings. The molecule has 4 nitrogen and oxygen atoms in total. The lowest BCUT2D eigenvalue weighted by atomic mass is 10.2. The van der Waals surface area contributed by atoms with Crippen LogP contribution in [0.25, 0.3) is 0 Å². The number of carbonyl (C=O) groups excluding carboxylic acids is 1. The van der Waals surface area contributed by atoms with Gasteiger partial charge in [-0.05, 0) is 43.7 Å². The highest BCUT2D eigenvalue weighted by molar-refractivity contribution is 7.99. The van der Waals surface area contributed by atoms with Crippen LogP contribution in [0, 0.1) is 0 Å². The van der Waals surface area contributed by atoms with E-state index in [-0.39, 0.29) is 12.0 Å². The topological polar surface area (TPSA) is 47.6 Å². The number of nitrogens with one attached hydrogen (secondary N) is 1. The van der Waals surface area contributed by atoms with Crippen molar-refractivity contribution in [3.8, 4) is 11.5 Å². The fourth-order valence-electron chi connectivity index (χ4n) is 2.10. The molecule has 0 heterocycles. The first-order valence-corrected chi connectivity index (χ1v) is 9.00. The molecule has 0 aliphatic carbocycles. The Hall–Kier alpha value is -2.14. The zero-order valence-electron chi connectivity index (χ0n) is 14.2. The molecule has 1 N–H and O–H groups in total. The van der Waals surface area contributed by atoms with Gasteiger partial charge in [-0.3, -0.25) is 4.79 Å². The third kappa shape index (κ3) is 5.81. The van der Waals surface area contributed by atoms with Crippen molar-refractivity contribution in [3.63, 3.8) is 0 Å². The zero-order chi connectivity index (χ0) is 17.4. The molecule has 0 bridgehead atoms. The van der Waals surface area contributed by atoms with Crippen LogP contribution in [0.3, 0.4) is 0 Å². The number of methoxy groups -OCH3 is 1. The molecule has 0 atom stereocenters. The van der Waals surface area contributed by atoms with E-state index >= 15 is 0 Å². The molecule has 0 radical (unpaired) electrons. The molecule has 0 spiro atoms. The van der Waals surface area contributed by atoms with Gasteiger partial charge in [0.05, 0.1) is 24.7 Å². The van der Waals surface area contributed by atoms with E-state index in [1.54, 1.807) is 18.9 Å². The fraction of sp³-hybridized carbons (Fsp3) is 0.316. The fourth-order valence-corrected chi connectivity index (χ4v) is 2.88. The smallest absolute Gasteiger partial charge is 0.234 e. The molecule has 5 heteroatoms. The van der Waals surface area contributed by atoms with E-state index in [4.69, 9.17) is 9.47 Å². The molecule has 2 aromatic rings. The summed E-state index contributed by atoms with van der Waals surface area (Å²) in [6.07, 6.45) is 0.0625. The molecule has 128 valence electrons. The molecule has 0 unspecified atom stereocenters. The second-order valence-corrected chi connectivity index (χ2v) is 6.54. The summed E-state index contributed by atoms with van der Waals surface area (Å²) in [5.41, 5.74) is 1.87. The van der Waals surface area contributed by atoms with Crippen LogP contribution in [0.1, 0.15) is 19.4 Å². The molecule has 2 rings (SSSR count). The van der Waals surface area contributed by atoms with Gasteiger partial charge in [0, 0.05) is 5.75 Å². The van der Waals surface area contributed by atoms with Crippen molar-refractivity contribution in [1.82, 2.24) is 0 Å². The van der Waals surface area contributed by atoms with Gasteiger partial charge in [0.15, 0.2) is 0 Å². The van der Waals surface area contributed by atoms with Gasteiger partial charge in [-0.2, -0.15) is 0 Å². The van der Waals surface area contributed by atoms with Gasteiger partial charge in [-0.15, -0.1) is 11.8 Å². The number of amides is 1. The molecule has 0 aromatic heterocycles. The monoisotopic (exact) mass is 345 g/mol. The van der Waals surface area contributed by atoms with E-state index < -0.39 is 0 Å². The first-order chi connectivity index (χ1) is 11.6. The zero-order valence-corrected chi connectivity index (χ0v) is 15.1. The Labute approximate surface area is 147 Å². The SMILES string of the molecule is COc1ccc(CSCC(=O)Nc2ccccc2OC(C)C)cc1. The number of benzene rings is 2. The summed E-state index contributed by atoms with van der Waals surface area (Å²) in [6.45, 7) is 3.92. The first kappa shape index (κ1) is 18.2. The number of para-hydroxylation sites is 2. The van der Waals surface area contributed by atoms with Crippen LogP contribution in [0.15, 0.2) is 48.5 Å². The van der Waals surface area contributed by atoms with Crippen LogP contribution in [0.4, 0.5) is 5.69 Å². The normalized spacial score (nSPS) is 10.5. The van der Waals surface area contributed by atoms with Gasteiger partial charge in [-0.1, -0.05) is 24.3 Å². The largest absolute Gasteiger partial charge is 0.497 e. The van der Waals surface area contributed by atoms with E-state index in [0.717, 1.165) is 17.1 Å². The number of ether oxygens (including phenoxy) is 2. The van der Waals surface area contributed by atoms with Crippen LogP contribution < -0.4 is 14.8 Å². The maximum absolute atomic E-state index is 12.1. The van der Waals surface area contributed by atoms with Crippen LogP contribution in [-0.4, -0.2) is 24.9 Å². The molecule has 0 saturated carbocycles. The Morgan fingerprint density at radius 3 is 2.50 bits per heavy atom. The molecule has 24 heavy (non-hydrogen) atoms. The average molecular weight is 345 g/mol. The van der Waals surface area contributed by atoms with Crippen LogP contribution in [0.5, 0.6) is 11.5 Å². The molecule has 2 aromatic carbocycles. The number of rotatable bonds is 8. The number of carbonyl (C=O) groups is 1. The number of hydrogen-bond donors (Lipinski definition) is 1. The van der Waals surface area contributed by atoms with E-state index in [0.29, 0.717) is 17.2 Å². The van der Waals surface area contributed by atoms with Crippen LogP contribution >= 0.6 is 11.8 Å². The summed E-state index contributed by atoms with van der Waals surface area (Å²) >= 11 is 1.57. The molecular formula is C19H23NO3S. The van der Waals surface area contributed by atoms with Crippen molar-refractivity contribution in [2.24, 2.45) is 0 Å². The second kappa shape index (κ2) is 9.23. The minimum absolute atomic E-state index is 0.0340. The highest BCUT2D eigenvalue weighted by atomic mass is 32.2. The summed E-state index contributed by atoms with van der Waals surface area (Å²) in [4.78, 5) is 12.1. The number of hydrogen-bond acceptors (Lipinski definition) is 4. The van der Waals surface area contributed by atoms with E-state index in [2.05, 4.69) is 5.32 Å². The number of anilines is 1. The Kier molecular flexibility index (Phi) is 7.00. The minimum atomic E-state index is -0.0340. The van der Waals surface area contributed by atoms with Gasteiger partial charge in [0.2, 0.25) is 5.91 Å². The Bertz CT molecular complexity index is 656. The van der Waals surface area contributed by atoms with Gasteiger partial charge < -0.3 is 14.8 Å². The quantitative estimate of drug-likeness (QED) is 0.772. The van der Waals surface area contributed by atoms with Crippen molar-refractivity contribution in [2.45, 2.75) is 25.7 Å². The lowest BCUT2D eigenvalue weighted by molar-refractivity contribution is -0.113. The maximum atomic E-state index is 12.1. The molecule has 0 saturated heterocycles. The average Bonchev–Trinajstić information content (AvgIpc) is 2.57. The van der Waals surface area contributed by atoms with Gasteiger partial charge in [0.1, 0.15) is 11.5 Å². The van der Waals surface area contributed by atoms with Gasteiger partial charge >= 0.3 is 0 Å². The Morgan fingerprint density at radius 1 is 1.12 bits per heavy atom. The molecule has 1 amide bonds. The highest BCUT2D eigenvalue weighted by Gasteiger charge is 2.09. The minimum Gasteiger partial charge on any atom is -0.497 e. The summed E-state index contributed by atoms with van der Waals surface area (Å²) < 4.78 is 10.8. The summed E-state index contributed by atoms with van der Waals surface area (Å²) in [6, 6.07) is 15.4. The van der Waals surface area contributed by atoms with Gasteiger partial charge in [-0.25, -0.2) is 0 Å². The predicted molar refractivity (Wildman–Crippen MR) is 100.0 cm³/mol. The predicted octanol–water partition coefficient (Wildman–Crippen LogP) is 4.35. The summed E-state index contributed by atoms with van der Waals surface area (Å²) in [5.74, 6) is 2.67. The highest BCUT2D eigenvalue weighted by Crippen LogP contribution is 2.25. The molecule has 0 aliphatic heterocycles. The molecular weight excluding hydrogens is 322 g/mol. The van der Waals surface area contributed by atoms with Crippen molar-refractivity contribution < 1.29 is 14.3 Å². The first-order valence-electron chi connectivity index (χ1n) is 7.84. The third-order valence-corrected chi connectivity index (χ3v) is 4.19. The Morgan fingerprint density at radius 2 is 1.83 bits per heavy atom. The van der Waals surface area contributed by atoms with Crippen molar-refractivity contribution in [3.05, 3.63) is 54.1 Å². The van der Waals surface area contributed by atoms with Gasteiger partial charge in [0.25, 0.3) is 0 Å². The van der Waals surface area contributed by atoms with Crippen LogP contribution in [-0.2, 0) is 10.5 Å². The summed E-state index contributed by atoms with van der Waals surface area (Å²) in [5, 5.41) is 2.92. The van der Waals surface area contributed by atoms with Crippen molar-refractivity contribution in [1.29, 1.82) is 0 Å². The lowest BCUT2D eigenvalue weighted by Crippen LogP contribution is -2.16. The van der Waals surface area contributed by atoms with Crippen molar-refractivity contribution in [2.75, 3.05) is 18.2 Å². The van der Waals surface area contributed by atoms with E-state index in [9.17, 15) is 4.79 Å². The molecule has 0 aliphatic rings.